The van der Waals surface area contributed by atoms with Gasteiger partial charge < -0.3 is 15.0 Å². The van der Waals surface area contributed by atoms with Crippen LogP contribution in [0.5, 0.6) is 5.75 Å². The lowest BCUT2D eigenvalue weighted by atomic mass is 10.1. The molecular formula is C18H32N2O. The molecule has 0 bridgehead atoms. The Morgan fingerprint density at radius 3 is 2.67 bits per heavy atom. The second-order valence-corrected chi connectivity index (χ2v) is 6.24. The van der Waals surface area contributed by atoms with Gasteiger partial charge in [0.15, 0.2) is 0 Å². The van der Waals surface area contributed by atoms with Crippen LogP contribution < -0.4 is 10.1 Å². The zero-order valence-corrected chi connectivity index (χ0v) is 14.4. The summed E-state index contributed by atoms with van der Waals surface area (Å²) in [6.07, 6.45) is 2.40. The number of ether oxygens (including phenoxy) is 1. The van der Waals surface area contributed by atoms with E-state index in [0.717, 1.165) is 37.8 Å². The minimum absolute atomic E-state index is 0.749. The summed E-state index contributed by atoms with van der Waals surface area (Å²) in [5, 5.41) is 3.46. The van der Waals surface area contributed by atoms with Crippen molar-refractivity contribution in [1.29, 1.82) is 0 Å². The van der Waals surface area contributed by atoms with Gasteiger partial charge in [0.1, 0.15) is 5.75 Å². The van der Waals surface area contributed by atoms with Crippen molar-refractivity contribution < 1.29 is 4.74 Å². The van der Waals surface area contributed by atoms with Gasteiger partial charge in [0.2, 0.25) is 0 Å². The summed E-state index contributed by atoms with van der Waals surface area (Å²) in [6, 6.07) is 6.51. The minimum atomic E-state index is 0.749. The molecule has 1 N–H and O–H groups in total. The summed E-state index contributed by atoms with van der Waals surface area (Å²) in [5.41, 5.74) is 2.61. The van der Waals surface area contributed by atoms with Crippen LogP contribution in [0.15, 0.2) is 18.2 Å². The Morgan fingerprint density at radius 1 is 1.29 bits per heavy atom. The van der Waals surface area contributed by atoms with E-state index in [2.05, 4.69) is 56.2 Å². The van der Waals surface area contributed by atoms with E-state index in [1.54, 1.807) is 7.11 Å². The first-order valence-electron chi connectivity index (χ1n) is 8.11. The lowest BCUT2D eigenvalue weighted by Crippen LogP contribution is -2.21. The lowest BCUT2D eigenvalue weighted by molar-refractivity contribution is 0.297. The summed E-state index contributed by atoms with van der Waals surface area (Å²) in [5.74, 6) is 1.74. The highest BCUT2D eigenvalue weighted by Gasteiger charge is 2.08. The number of rotatable bonds is 10. The number of hydrogen-bond acceptors (Lipinski definition) is 3. The molecule has 0 saturated carbocycles. The Balaban J connectivity index is 2.66. The standard InChI is InChI=1S/C18H32N2O/c1-6-10-19-13-16-7-8-18(21-5)17(12-16)14-20(4)11-9-15(2)3/h7-8,12,15,19H,6,9-11,13-14H2,1-5H3. The van der Waals surface area contributed by atoms with E-state index in [0.29, 0.717) is 0 Å². The van der Waals surface area contributed by atoms with Gasteiger partial charge in [-0.3, -0.25) is 0 Å². The topological polar surface area (TPSA) is 24.5 Å². The van der Waals surface area contributed by atoms with Gasteiger partial charge >= 0.3 is 0 Å². The van der Waals surface area contributed by atoms with Gasteiger partial charge in [0.05, 0.1) is 7.11 Å². The van der Waals surface area contributed by atoms with Crippen LogP contribution >= 0.6 is 0 Å². The Bertz CT molecular complexity index is 404. The van der Waals surface area contributed by atoms with E-state index < -0.39 is 0 Å². The molecule has 21 heavy (non-hydrogen) atoms. The molecule has 3 heteroatoms. The zero-order valence-electron chi connectivity index (χ0n) is 14.4. The minimum Gasteiger partial charge on any atom is -0.496 e. The Morgan fingerprint density at radius 2 is 2.05 bits per heavy atom. The SMILES string of the molecule is CCCNCc1ccc(OC)c(CN(C)CCC(C)C)c1. The fourth-order valence-electron chi connectivity index (χ4n) is 2.32. The fourth-order valence-corrected chi connectivity index (χ4v) is 2.32. The maximum Gasteiger partial charge on any atom is 0.123 e. The van der Waals surface area contributed by atoms with E-state index in [-0.39, 0.29) is 0 Å². The number of hydrogen-bond donors (Lipinski definition) is 1. The number of nitrogens with one attached hydrogen (secondary N) is 1. The van der Waals surface area contributed by atoms with Crippen LogP contribution in [0.25, 0.3) is 0 Å². The van der Waals surface area contributed by atoms with Gasteiger partial charge in [-0.05, 0) is 56.6 Å². The van der Waals surface area contributed by atoms with Crippen LogP contribution in [0.3, 0.4) is 0 Å². The molecule has 0 radical (unpaired) electrons. The highest BCUT2D eigenvalue weighted by Crippen LogP contribution is 2.21. The molecule has 0 aliphatic heterocycles. The molecule has 0 spiro atoms. The van der Waals surface area contributed by atoms with Gasteiger partial charge in [0, 0.05) is 18.7 Å². The van der Waals surface area contributed by atoms with Gasteiger partial charge in [-0.2, -0.15) is 0 Å². The van der Waals surface area contributed by atoms with Crippen LogP contribution in [-0.4, -0.2) is 32.1 Å². The molecule has 0 heterocycles. The maximum atomic E-state index is 5.51. The number of benzene rings is 1. The van der Waals surface area contributed by atoms with Crippen molar-refractivity contribution in [3.05, 3.63) is 29.3 Å². The number of methoxy groups -OCH3 is 1. The van der Waals surface area contributed by atoms with E-state index in [4.69, 9.17) is 4.74 Å². The molecule has 1 aromatic carbocycles. The molecule has 0 atom stereocenters. The second-order valence-electron chi connectivity index (χ2n) is 6.24. The zero-order chi connectivity index (χ0) is 15.7. The van der Waals surface area contributed by atoms with E-state index >= 15 is 0 Å². The van der Waals surface area contributed by atoms with Crippen LogP contribution in [0.4, 0.5) is 0 Å². The first-order chi connectivity index (χ1) is 10.1. The van der Waals surface area contributed by atoms with Crippen molar-refractivity contribution in [2.45, 2.75) is 46.7 Å². The largest absolute Gasteiger partial charge is 0.496 e. The fraction of sp³-hybridized carbons (Fsp3) is 0.667. The van der Waals surface area contributed by atoms with Crippen molar-refractivity contribution in [3.8, 4) is 5.75 Å². The Kier molecular flexibility index (Phi) is 8.40. The smallest absolute Gasteiger partial charge is 0.123 e. The molecular weight excluding hydrogens is 260 g/mol. The van der Waals surface area contributed by atoms with Gasteiger partial charge in [-0.1, -0.05) is 26.8 Å². The third kappa shape index (κ3) is 6.96. The van der Waals surface area contributed by atoms with Crippen molar-refractivity contribution >= 4 is 0 Å². The van der Waals surface area contributed by atoms with Crippen LogP contribution in [0, 0.1) is 5.92 Å². The van der Waals surface area contributed by atoms with E-state index in [1.165, 1.54) is 24.0 Å². The van der Waals surface area contributed by atoms with Gasteiger partial charge in [-0.15, -0.1) is 0 Å². The highest BCUT2D eigenvalue weighted by molar-refractivity contribution is 5.37. The first-order valence-corrected chi connectivity index (χ1v) is 8.11. The van der Waals surface area contributed by atoms with Crippen LogP contribution in [0.2, 0.25) is 0 Å². The predicted octanol–water partition coefficient (Wildman–Crippen LogP) is 3.67. The molecule has 0 fully saturated rings. The summed E-state index contributed by atoms with van der Waals surface area (Å²) >= 11 is 0. The third-order valence-corrected chi connectivity index (χ3v) is 3.63. The van der Waals surface area contributed by atoms with E-state index in [1.807, 2.05) is 0 Å². The van der Waals surface area contributed by atoms with Crippen molar-refractivity contribution in [3.63, 3.8) is 0 Å². The number of nitrogens with zero attached hydrogens (tertiary/aromatic N) is 1. The average Bonchev–Trinajstić information content (AvgIpc) is 2.46. The summed E-state index contributed by atoms with van der Waals surface area (Å²) in [7, 11) is 3.94. The normalized spacial score (nSPS) is 11.4. The maximum absolute atomic E-state index is 5.51. The quantitative estimate of drug-likeness (QED) is 0.666. The summed E-state index contributed by atoms with van der Waals surface area (Å²) in [6.45, 7) is 10.8. The monoisotopic (exact) mass is 292 g/mol. The lowest BCUT2D eigenvalue weighted by Gasteiger charge is -2.20. The average molecular weight is 292 g/mol. The first kappa shape index (κ1) is 18.0. The Hall–Kier alpha value is -1.06. The molecule has 0 aromatic heterocycles. The van der Waals surface area contributed by atoms with Crippen LogP contribution in [-0.2, 0) is 13.1 Å². The molecule has 0 unspecified atom stereocenters. The predicted molar refractivity (Wildman–Crippen MR) is 90.8 cm³/mol. The van der Waals surface area contributed by atoms with Gasteiger partial charge in [-0.25, -0.2) is 0 Å². The van der Waals surface area contributed by atoms with E-state index in [9.17, 15) is 0 Å². The van der Waals surface area contributed by atoms with Crippen molar-refractivity contribution in [2.24, 2.45) is 5.92 Å². The van der Waals surface area contributed by atoms with Crippen molar-refractivity contribution in [1.82, 2.24) is 10.2 Å². The van der Waals surface area contributed by atoms with Gasteiger partial charge in [0.25, 0.3) is 0 Å². The molecule has 3 nitrogen and oxygen atoms in total. The molecule has 0 aliphatic carbocycles. The van der Waals surface area contributed by atoms with Crippen molar-refractivity contribution in [2.75, 3.05) is 27.2 Å². The molecule has 1 rings (SSSR count). The summed E-state index contributed by atoms with van der Waals surface area (Å²) < 4.78 is 5.51. The summed E-state index contributed by atoms with van der Waals surface area (Å²) in [4.78, 5) is 2.38. The second kappa shape index (κ2) is 9.80. The molecule has 0 saturated heterocycles. The van der Waals surface area contributed by atoms with Crippen LogP contribution in [0.1, 0.15) is 44.7 Å². The highest BCUT2D eigenvalue weighted by atomic mass is 16.5. The molecule has 0 aliphatic rings. The Labute approximate surface area is 130 Å². The molecule has 0 amide bonds. The third-order valence-electron chi connectivity index (χ3n) is 3.63. The molecule has 1 aromatic rings. The molecule has 120 valence electrons.